The maximum absolute atomic E-state index is 9.98. The topological polar surface area (TPSA) is 55.5 Å². The van der Waals surface area contributed by atoms with Gasteiger partial charge in [-0.15, -0.1) is 4.99 Å². The molecule has 0 N–H and O–H groups in total. The van der Waals surface area contributed by atoms with Crippen LogP contribution >= 0.6 is 0 Å². The van der Waals surface area contributed by atoms with Gasteiger partial charge in [-0.2, -0.15) is 0 Å². The maximum atomic E-state index is 9.98. The van der Waals surface area contributed by atoms with E-state index in [2.05, 4.69) is 10.1 Å². The number of hydrogen-bond acceptors (Lipinski definition) is 4. The summed E-state index contributed by atoms with van der Waals surface area (Å²) in [7, 11) is 0. The molecule has 1 heterocycles. The molecule has 0 bridgehead atoms. The molecule has 0 amide bonds. The van der Waals surface area contributed by atoms with Crippen LogP contribution in [0.25, 0.3) is 0 Å². The average molecular weight is 166 g/mol. The van der Waals surface area contributed by atoms with Gasteiger partial charge in [-0.25, -0.2) is 4.79 Å². The van der Waals surface area contributed by atoms with E-state index < -0.39 is 0 Å². The zero-order chi connectivity index (χ0) is 9.19. The summed E-state index contributed by atoms with van der Waals surface area (Å²) in [5.74, 6) is 0.317. The van der Waals surface area contributed by atoms with E-state index in [-0.39, 0.29) is 5.41 Å². The molecule has 1 rings (SSSR count). The van der Waals surface area contributed by atoms with Gasteiger partial charge in [0.2, 0.25) is 11.9 Å². The summed E-state index contributed by atoms with van der Waals surface area (Å²) in [5, 5.41) is 3.57. The van der Waals surface area contributed by atoms with Crippen molar-refractivity contribution in [3.05, 3.63) is 11.8 Å². The molecule has 0 saturated heterocycles. The summed E-state index contributed by atoms with van der Waals surface area (Å²) in [6.45, 7) is 5.97. The van der Waals surface area contributed by atoms with E-state index in [0.29, 0.717) is 5.82 Å². The van der Waals surface area contributed by atoms with E-state index >= 15 is 0 Å². The third kappa shape index (κ3) is 1.60. The van der Waals surface area contributed by atoms with Crippen molar-refractivity contribution in [2.75, 3.05) is 0 Å². The Balaban J connectivity index is 3.16. The van der Waals surface area contributed by atoms with E-state index in [9.17, 15) is 4.79 Å². The monoisotopic (exact) mass is 166 g/mol. The molecule has 1 aromatic rings. The van der Waals surface area contributed by atoms with Crippen LogP contribution < -0.4 is 0 Å². The van der Waals surface area contributed by atoms with Crippen LogP contribution in [-0.2, 0) is 10.2 Å². The quantitative estimate of drug-likeness (QED) is 0.473. The minimum atomic E-state index is -0.115. The number of nitrogens with zero attached hydrogens (tertiary/aromatic N) is 2. The first kappa shape index (κ1) is 8.68. The fraction of sp³-hybridized carbons (Fsp3) is 0.500. The van der Waals surface area contributed by atoms with E-state index in [0.717, 1.165) is 5.56 Å². The lowest BCUT2D eigenvalue weighted by molar-refractivity contribution is 0.418. The second kappa shape index (κ2) is 2.91. The van der Waals surface area contributed by atoms with Gasteiger partial charge < -0.3 is 4.52 Å². The van der Waals surface area contributed by atoms with Gasteiger partial charge in [0.25, 0.3) is 0 Å². The van der Waals surface area contributed by atoms with Crippen molar-refractivity contribution >= 4 is 11.9 Å². The Morgan fingerprint density at radius 1 is 1.58 bits per heavy atom. The third-order valence-corrected chi connectivity index (χ3v) is 1.51. The van der Waals surface area contributed by atoms with Crippen LogP contribution in [0.5, 0.6) is 0 Å². The van der Waals surface area contributed by atoms with Gasteiger partial charge in [0.05, 0.1) is 0 Å². The average Bonchev–Trinajstić information content (AvgIpc) is 2.34. The van der Waals surface area contributed by atoms with Crippen molar-refractivity contribution in [2.24, 2.45) is 4.99 Å². The Kier molecular flexibility index (Phi) is 2.11. The minimum Gasteiger partial charge on any atom is -0.362 e. The summed E-state index contributed by atoms with van der Waals surface area (Å²) < 4.78 is 4.70. The molecule has 0 atom stereocenters. The number of hydrogen-bond donors (Lipinski definition) is 0. The van der Waals surface area contributed by atoms with Crippen LogP contribution in [0.3, 0.4) is 0 Å². The van der Waals surface area contributed by atoms with Crippen LogP contribution in [0.2, 0.25) is 0 Å². The van der Waals surface area contributed by atoms with Gasteiger partial charge in [-0.3, -0.25) is 0 Å². The van der Waals surface area contributed by atoms with E-state index in [1.807, 2.05) is 20.8 Å². The Labute approximate surface area is 70.3 Å². The normalized spacial score (nSPS) is 10.9. The molecule has 4 nitrogen and oxygen atoms in total. The molecule has 0 radical (unpaired) electrons. The zero-order valence-corrected chi connectivity index (χ0v) is 7.29. The second-order valence-electron chi connectivity index (χ2n) is 3.50. The molecule has 0 spiro atoms. The van der Waals surface area contributed by atoms with Crippen LogP contribution in [0.4, 0.5) is 5.82 Å². The van der Waals surface area contributed by atoms with Gasteiger partial charge >= 0.3 is 0 Å². The van der Waals surface area contributed by atoms with Crippen LogP contribution in [-0.4, -0.2) is 11.2 Å². The SMILES string of the molecule is CC(C)(C)c1conc1N=C=O. The van der Waals surface area contributed by atoms with Gasteiger partial charge in [0.1, 0.15) is 6.26 Å². The lowest BCUT2D eigenvalue weighted by Crippen LogP contribution is -2.09. The highest BCUT2D eigenvalue weighted by Crippen LogP contribution is 2.29. The molecule has 0 aliphatic rings. The van der Waals surface area contributed by atoms with Crippen molar-refractivity contribution in [3.8, 4) is 0 Å². The number of carbonyl (C=O) groups excluding carboxylic acids is 1. The number of aromatic nitrogens is 1. The lowest BCUT2D eigenvalue weighted by atomic mass is 9.89. The first-order valence-electron chi connectivity index (χ1n) is 3.58. The van der Waals surface area contributed by atoms with Crippen LogP contribution in [0.1, 0.15) is 26.3 Å². The van der Waals surface area contributed by atoms with Crippen LogP contribution in [0.15, 0.2) is 15.8 Å². The largest absolute Gasteiger partial charge is 0.362 e. The maximum Gasteiger partial charge on any atom is 0.242 e. The van der Waals surface area contributed by atoms with Gasteiger partial charge in [-0.05, 0) is 5.41 Å². The van der Waals surface area contributed by atoms with Gasteiger partial charge in [0.15, 0.2) is 0 Å². The van der Waals surface area contributed by atoms with E-state index in [1.54, 1.807) is 0 Å². The molecule has 64 valence electrons. The molecule has 0 fully saturated rings. The molecule has 0 unspecified atom stereocenters. The van der Waals surface area contributed by atoms with E-state index in [1.165, 1.54) is 12.3 Å². The Morgan fingerprint density at radius 3 is 2.75 bits per heavy atom. The summed E-state index contributed by atoms with van der Waals surface area (Å²) in [5.41, 5.74) is 0.696. The highest BCUT2D eigenvalue weighted by molar-refractivity contribution is 5.49. The fourth-order valence-electron chi connectivity index (χ4n) is 0.867. The molecule has 4 heteroatoms. The molecule has 1 aromatic heterocycles. The summed E-state index contributed by atoms with van der Waals surface area (Å²) in [6, 6.07) is 0. The molecule has 0 aromatic carbocycles. The molecular weight excluding hydrogens is 156 g/mol. The van der Waals surface area contributed by atoms with Crippen molar-refractivity contribution < 1.29 is 9.32 Å². The second-order valence-corrected chi connectivity index (χ2v) is 3.50. The fourth-order valence-corrected chi connectivity index (χ4v) is 0.867. The van der Waals surface area contributed by atoms with Crippen molar-refractivity contribution in [3.63, 3.8) is 0 Å². The zero-order valence-electron chi connectivity index (χ0n) is 7.29. The Hall–Kier alpha value is -1.41. The smallest absolute Gasteiger partial charge is 0.242 e. The molecular formula is C8H10N2O2. The third-order valence-electron chi connectivity index (χ3n) is 1.51. The van der Waals surface area contributed by atoms with E-state index in [4.69, 9.17) is 4.52 Å². The number of aliphatic imine (C=N–C) groups is 1. The molecule has 0 saturated carbocycles. The van der Waals surface area contributed by atoms with Gasteiger partial charge in [-0.1, -0.05) is 25.9 Å². The summed E-state index contributed by atoms with van der Waals surface area (Å²) in [6.07, 6.45) is 2.93. The highest BCUT2D eigenvalue weighted by atomic mass is 16.5. The highest BCUT2D eigenvalue weighted by Gasteiger charge is 2.21. The predicted octanol–water partition coefficient (Wildman–Crippen LogP) is 1.94. The number of isocyanates is 1. The standard InChI is InChI=1S/C8H10N2O2/c1-8(2,3)6-4-12-10-7(6)9-5-11/h4H,1-3H3. The molecule has 12 heavy (non-hydrogen) atoms. The Bertz CT molecular complexity index is 316. The lowest BCUT2D eigenvalue weighted by Gasteiger charge is -2.14. The molecule has 0 aliphatic carbocycles. The summed E-state index contributed by atoms with van der Waals surface area (Å²) >= 11 is 0. The first-order chi connectivity index (χ1) is 5.55. The minimum absolute atomic E-state index is 0.115. The van der Waals surface area contributed by atoms with Crippen LogP contribution in [0, 0.1) is 0 Å². The van der Waals surface area contributed by atoms with Crippen molar-refractivity contribution in [1.29, 1.82) is 0 Å². The van der Waals surface area contributed by atoms with Crippen molar-refractivity contribution in [1.82, 2.24) is 5.16 Å². The Morgan fingerprint density at radius 2 is 2.25 bits per heavy atom. The van der Waals surface area contributed by atoms with Gasteiger partial charge in [0, 0.05) is 5.56 Å². The van der Waals surface area contributed by atoms with Crippen molar-refractivity contribution in [2.45, 2.75) is 26.2 Å². The first-order valence-corrected chi connectivity index (χ1v) is 3.58. The molecule has 0 aliphatic heterocycles. The predicted molar refractivity (Wildman–Crippen MR) is 43.0 cm³/mol. The summed E-state index contributed by atoms with van der Waals surface area (Å²) in [4.78, 5) is 13.4. The number of rotatable bonds is 1.